The molecule has 2 saturated heterocycles. The molecular weight excluding hydrogens is 640 g/mol. The molecule has 13 heteroatoms. The van der Waals surface area contributed by atoms with Gasteiger partial charge in [-0.05, 0) is 68.2 Å². The molecule has 3 amide bonds. The Balaban J connectivity index is 1.07. The third-order valence-electron chi connectivity index (χ3n) is 10.0. The molecule has 1 saturated carbocycles. The molecular formula is C35H49F2N5O5S. The summed E-state index contributed by atoms with van der Waals surface area (Å²) < 4.78 is 33.2. The fourth-order valence-electron chi connectivity index (χ4n) is 6.81. The van der Waals surface area contributed by atoms with Crippen molar-refractivity contribution in [3.63, 3.8) is 0 Å². The van der Waals surface area contributed by atoms with E-state index in [1.807, 2.05) is 62.4 Å². The van der Waals surface area contributed by atoms with Crippen LogP contribution < -0.4 is 10.6 Å². The van der Waals surface area contributed by atoms with Gasteiger partial charge in [-0.25, -0.2) is 13.8 Å². The van der Waals surface area contributed by atoms with Gasteiger partial charge in [-0.15, -0.1) is 11.3 Å². The monoisotopic (exact) mass is 689 g/mol. The number of nitrogens with zero attached hydrogens (tertiary/aromatic N) is 3. The Hall–Kier alpha value is -3.00. The number of carbonyl (C=O) groups excluding carboxylic acids is 3. The number of aliphatic hydroxyl groups is 1. The Morgan fingerprint density at radius 3 is 2.40 bits per heavy atom. The molecule has 1 aliphatic carbocycles. The summed E-state index contributed by atoms with van der Waals surface area (Å²) in [5, 5.41) is 15.3. The Kier molecular flexibility index (Phi) is 11.2. The van der Waals surface area contributed by atoms with E-state index in [1.54, 1.807) is 16.2 Å². The van der Waals surface area contributed by atoms with Gasteiger partial charge in [0.15, 0.2) is 0 Å². The number of likely N-dealkylation sites (tertiary alicyclic amines) is 2. The van der Waals surface area contributed by atoms with Crippen LogP contribution in [-0.4, -0.2) is 102 Å². The van der Waals surface area contributed by atoms with Crippen molar-refractivity contribution in [3.8, 4) is 10.4 Å². The summed E-state index contributed by atoms with van der Waals surface area (Å²) in [6.45, 7) is 9.52. The number of hydrogen-bond donors (Lipinski definition) is 3. The summed E-state index contributed by atoms with van der Waals surface area (Å²) in [4.78, 5) is 49.1. The SMILES string of the molecule is Cc1ncsc1-c1ccc(CNC(=O)[C@@H]2CCCN2C(=O)[C@@H](NC(=O)COCC2CCN(C[C@@]3(CO)CC3(F)F)CC2)C(C)(C)C)cc1. The Morgan fingerprint density at radius 1 is 1.12 bits per heavy atom. The smallest absolute Gasteiger partial charge is 0.258 e. The molecule has 2 aromatic rings. The van der Waals surface area contributed by atoms with Gasteiger partial charge in [0.1, 0.15) is 18.7 Å². The van der Waals surface area contributed by atoms with Crippen LogP contribution in [0.2, 0.25) is 0 Å². The van der Waals surface area contributed by atoms with Crippen molar-refractivity contribution in [2.75, 3.05) is 46.0 Å². The number of aliphatic hydroxyl groups excluding tert-OH is 1. The number of carbonyl (C=O) groups is 3. The van der Waals surface area contributed by atoms with E-state index in [4.69, 9.17) is 4.74 Å². The predicted octanol–water partition coefficient (Wildman–Crippen LogP) is 4.00. The summed E-state index contributed by atoms with van der Waals surface area (Å²) in [6.07, 6.45) is 2.50. The van der Waals surface area contributed by atoms with Gasteiger partial charge in [0.2, 0.25) is 17.7 Å². The molecule has 0 unspecified atom stereocenters. The zero-order valence-corrected chi connectivity index (χ0v) is 29.2. The summed E-state index contributed by atoms with van der Waals surface area (Å²) in [5.41, 5.74) is 2.93. The van der Waals surface area contributed by atoms with Crippen LogP contribution in [-0.2, 0) is 25.7 Å². The topological polar surface area (TPSA) is 124 Å². The molecule has 3 heterocycles. The molecule has 0 spiro atoms. The minimum absolute atomic E-state index is 0.191. The van der Waals surface area contributed by atoms with Crippen LogP contribution in [0.3, 0.4) is 0 Å². The standard InChI is InChI=1S/C35H49F2N5O5S/c1-23-29(48-22-39-23)26-9-7-24(8-10-26)16-38-31(45)27-6-5-13-42(27)32(46)30(33(2,3)4)40-28(44)18-47-17-25-11-14-41(15-12-25)20-34(21-43)19-35(34,36)37/h7-10,22,25,27,30,43H,5-6,11-21H2,1-4H3,(H,38,45)(H,40,44)/t27-,30+,34+/m0/s1. The molecule has 48 heavy (non-hydrogen) atoms. The fourth-order valence-corrected chi connectivity index (χ4v) is 7.62. The minimum atomic E-state index is -2.79. The van der Waals surface area contributed by atoms with E-state index in [9.17, 15) is 28.3 Å². The number of aryl methyl sites for hydroxylation is 1. The molecule has 2 aliphatic heterocycles. The maximum Gasteiger partial charge on any atom is 0.258 e. The Morgan fingerprint density at radius 2 is 1.81 bits per heavy atom. The third kappa shape index (κ3) is 8.40. The van der Waals surface area contributed by atoms with Gasteiger partial charge in [-0.1, -0.05) is 45.0 Å². The largest absolute Gasteiger partial charge is 0.396 e. The fraction of sp³-hybridized carbons (Fsp3) is 0.657. The molecule has 1 aromatic heterocycles. The summed E-state index contributed by atoms with van der Waals surface area (Å²) in [6, 6.07) is 6.55. The highest BCUT2D eigenvalue weighted by atomic mass is 32.1. The number of hydrogen-bond acceptors (Lipinski definition) is 8. The van der Waals surface area contributed by atoms with Crippen molar-refractivity contribution < 1.29 is 33.0 Å². The van der Waals surface area contributed by atoms with Gasteiger partial charge in [0.05, 0.1) is 34.7 Å². The first kappa shape index (κ1) is 36.3. The van der Waals surface area contributed by atoms with Crippen molar-refractivity contribution in [2.24, 2.45) is 16.7 Å². The second kappa shape index (κ2) is 14.9. The summed E-state index contributed by atoms with van der Waals surface area (Å²) in [7, 11) is 0. The number of thiazole rings is 1. The van der Waals surface area contributed by atoms with E-state index in [0.717, 1.165) is 34.5 Å². The van der Waals surface area contributed by atoms with Crippen LogP contribution in [0.4, 0.5) is 8.78 Å². The first-order chi connectivity index (χ1) is 22.7. The van der Waals surface area contributed by atoms with Crippen LogP contribution >= 0.6 is 11.3 Å². The second-order valence-corrected chi connectivity index (χ2v) is 15.6. The number of alkyl halides is 2. The van der Waals surface area contributed by atoms with E-state index in [1.165, 1.54) is 0 Å². The van der Waals surface area contributed by atoms with Gasteiger partial charge in [0, 0.05) is 26.1 Å². The van der Waals surface area contributed by atoms with Gasteiger partial charge in [-0.3, -0.25) is 14.4 Å². The first-order valence-corrected chi connectivity index (χ1v) is 17.8. The first-order valence-electron chi connectivity index (χ1n) is 16.9. The van der Waals surface area contributed by atoms with Crippen molar-refractivity contribution in [2.45, 2.75) is 84.4 Å². The molecule has 10 nitrogen and oxygen atoms in total. The number of halogens is 2. The molecule has 3 N–H and O–H groups in total. The molecule has 3 atom stereocenters. The van der Waals surface area contributed by atoms with Crippen molar-refractivity contribution >= 4 is 29.1 Å². The molecule has 3 fully saturated rings. The number of benzene rings is 1. The number of rotatable bonds is 13. The van der Waals surface area contributed by atoms with Crippen molar-refractivity contribution in [3.05, 3.63) is 41.0 Å². The lowest BCUT2D eigenvalue weighted by molar-refractivity contribution is -0.144. The lowest BCUT2D eigenvalue weighted by atomic mass is 9.85. The average molecular weight is 690 g/mol. The van der Waals surface area contributed by atoms with Gasteiger partial charge in [-0.2, -0.15) is 0 Å². The molecule has 264 valence electrons. The quantitative estimate of drug-likeness (QED) is 0.291. The minimum Gasteiger partial charge on any atom is -0.396 e. The van der Waals surface area contributed by atoms with E-state index in [-0.39, 0.29) is 37.3 Å². The normalized spacial score (nSPS) is 23.6. The predicted molar refractivity (Wildman–Crippen MR) is 179 cm³/mol. The van der Waals surface area contributed by atoms with Gasteiger partial charge in [0.25, 0.3) is 5.92 Å². The second-order valence-electron chi connectivity index (χ2n) is 14.8. The maximum absolute atomic E-state index is 13.8. The molecule has 5 rings (SSSR count). The Labute approximate surface area is 285 Å². The number of aromatic nitrogens is 1. The van der Waals surface area contributed by atoms with E-state index in [0.29, 0.717) is 45.6 Å². The molecule has 0 bridgehead atoms. The highest BCUT2D eigenvalue weighted by Crippen LogP contribution is 2.60. The van der Waals surface area contributed by atoms with Crippen LogP contribution in [0.25, 0.3) is 10.4 Å². The highest BCUT2D eigenvalue weighted by Gasteiger charge is 2.71. The maximum atomic E-state index is 13.8. The number of piperidine rings is 1. The number of nitrogens with one attached hydrogen (secondary N) is 2. The van der Waals surface area contributed by atoms with Crippen LogP contribution in [0.5, 0.6) is 0 Å². The molecule has 1 aromatic carbocycles. The van der Waals surface area contributed by atoms with Crippen molar-refractivity contribution in [1.82, 2.24) is 25.4 Å². The zero-order valence-electron chi connectivity index (χ0n) is 28.4. The summed E-state index contributed by atoms with van der Waals surface area (Å²) >= 11 is 1.59. The number of ether oxygens (including phenoxy) is 1. The summed E-state index contributed by atoms with van der Waals surface area (Å²) in [5.74, 6) is -3.50. The van der Waals surface area contributed by atoms with Crippen LogP contribution in [0, 0.1) is 23.7 Å². The van der Waals surface area contributed by atoms with Gasteiger partial charge < -0.3 is 30.3 Å². The highest BCUT2D eigenvalue weighted by molar-refractivity contribution is 7.13. The number of amides is 3. The molecule has 3 aliphatic rings. The van der Waals surface area contributed by atoms with Crippen LogP contribution in [0.15, 0.2) is 29.8 Å². The van der Waals surface area contributed by atoms with E-state index in [2.05, 4.69) is 15.6 Å². The van der Waals surface area contributed by atoms with Crippen LogP contribution in [0.1, 0.15) is 64.1 Å². The average Bonchev–Trinajstić information content (AvgIpc) is 3.43. The van der Waals surface area contributed by atoms with Crippen molar-refractivity contribution in [1.29, 1.82) is 0 Å². The lowest BCUT2D eigenvalue weighted by Crippen LogP contribution is -2.58. The Bertz CT molecular complexity index is 1440. The zero-order chi connectivity index (χ0) is 34.7. The van der Waals surface area contributed by atoms with E-state index < -0.39 is 41.4 Å². The third-order valence-corrected chi connectivity index (χ3v) is 11.0. The van der Waals surface area contributed by atoms with Gasteiger partial charge >= 0.3 is 0 Å². The molecule has 0 radical (unpaired) electrons. The van der Waals surface area contributed by atoms with E-state index >= 15 is 0 Å². The lowest BCUT2D eigenvalue weighted by Gasteiger charge is -2.35.